The summed E-state index contributed by atoms with van der Waals surface area (Å²) in [7, 11) is 0. The molecule has 0 spiro atoms. The molecular formula is C15H26N4O2S. The second-order valence-corrected chi connectivity index (χ2v) is 7.27. The van der Waals surface area contributed by atoms with E-state index in [4.69, 9.17) is 0 Å². The molecule has 124 valence electrons. The molecular weight excluding hydrogens is 300 g/mol. The third-order valence-electron chi connectivity index (χ3n) is 3.34. The smallest absolute Gasteiger partial charge is 0.227 e. The van der Waals surface area contributed by atoms with Gasteiger partial charge in [-0.15, -0.1) is 10.2 Å². The minimum atomic E-state index is -0.445. The zero-order valence-corrected chi connectivity index (χ0v) is 14.8. The van der Waals surface area contributed by atoms with Crippen molar-refractivity contribution in [2.24, 2.45) is 5.41 Å². The highest BCUT2D eigenvalue weighted by Crippen LogP contribution is 2.27. The number of nitrogens with zero attached hydrogens (tertiary/aromatic N) is 2. The van der Waals surface area contributed by atoms with Crippen molar-refractivity contribution < 1.29 is 9.59 Å². The van der Waals surface area contributed by atoms with Crippen LogP contribution >= 0.6 is 11.3 Å². The molecule has 7 heteroatoms. The van der Waals surface area contributed by atoms with Crippen LogP contribution in [0.25, 0.3) is 0 Å². The average molecular weight is 326 g/mol. The van der Waals surface area contributed by atoms with Crippen LogP contribution in [0.2, 0.25) is 0 Å². The summed E-state index contributed by atoms with van der Waals surface area (Å²) in [6.45, 7) is 10.1. The van der Waals surface area contributed by atoms with E-state index in [0.29, 0.717) is 17.6 Å². The van der Waals surface area contributed by atoms with Crippen LogP contribution in [0.5, 0.6) is 0 Å². The van der Waals surface area contributed by atoms with Gasteiger partial charge in [-0.1, -0.05) is 46.0 Å². The van der Waals surface area contributed by atoms with E-state index in [9.17, 15) is 9.59 Å². The van der Waals surface area contributed by atoms with Gasteiger partial charge < -0.3 is 10.6 Å². The lowest BCUT2D eigenvalue weighted by molar-refractivity contribution is -0.128. The molecule has 2 N–H and O–H groups in total. The first-order valence-electron chi connectivity index (χ1n) is 7.69. The Bertz CT molecular complexity index is 504. The number of rotatable bonds is 7. The molecule has 1 rings (SSSR count). The predicted octanol–water partition coefficient (Wildman–Crippen LogP) is 2.93. The highest BCUT2D eigenvalue weighted by Gasteiger charge is 2.20. The van der Waals surface area contributed by atoms with Crippen LogP contribution in [0.4, 0.5) is 5.13 Å². The van der Waals surface area contributed by atoms with Crippen LogP contribution in [-0.4, -0.2) is 28.6 Å². The second-order valence-electron chi connectivity index (χ2n) is 6.26. The first-order valence-corrected chi connectivity index (χ1v) is 8.51. The highest BCUT2D eigenvalue weighted by atomic mass is 32.1. The van der Waals surface area contributed by atoms with Crippen LogP contribution in [0.1, 0.15) is 64.8 Å². The zero-order valence-electron chi connectivity index (χ0n) is 14.0. The Hall–Kier alpha value is -1.50. The van der Waals surface area contributed by atoms with E-state index in [-0.39, 0.29) is 18.2 Å². The van der Waals surface area contributed by atoms with Crippen molar-refractivity contribution in [3.63, 3.8) is 0 Å². The quantitative estimate of drug-likeness (QED) is 0.807. The third-order valence-corrected chi connectivity index (χ3v) is 4.34. The van der Waals surface area contributed by atoms with E-state index in [1.807, 2.05) is 20.8 Å². The number of nitrogens with one attached hydrogen (secondary N) is 2. The normalized spacial score (nSPS) is 11.5. The number of amides is 2. The lowest BCUT2D eigenvalue weighted by Crippen LogP contribution is -2.36. The van der Waals surface area contributed by atoms with Crippen molar-refractivity contribution >= 4 is 28.3 Å². The monoisotopic (exact) mass is 326 g/mol. The SMILES string of the molecule is CCC(CC)c1nnc(NC(=O)CCNC(=O)C(C)(C)C)s1. The summed E-state index contributed by atoms with van der Waals surface area (Å²) >= 11 is 1.42. The summed E-state index contributed by atoms with van der Waals surface area (Å²) in [5.74, 6) is 0.169. The molecule has 0 aromatic carbocycles. The summed E-state index contributed by atoms with van der Waals surface area (Å²) in [5.41, 5.74) is -0.445. The standard InChI is InChI=1S/C15H26N4O2S/c1-6-10(7-2)12-18-19-14(22-12)17-11(20)8-9-16-13(21)15(3,4)5/h10H,6-9H2,1-5H3,(H,16,21)(H,17,19,20). The molecule has 0 radical (unpaired) electrons. The van der Waals surface area contributed by atoms with Crippen LogP contribution in [-0.2, 0) is 9.59 Å². The number of hydrogen-bond donors (Lipinski definition) is 2. The molecule has 0 fully saturated rings. The van der Waals surface area contributed by atoms with E-state index in [1.165, 1.54) is 11.3 Å². The van der Waals surface area contributed by atoms with Gasteiger partial charge in [-0.2, -0.15) is 0 Å². The molecule has 0 aliphatic heterocycles. The Morgan fingerprint density at radius 3 is 2.36 bits per heavy atom. The second kappa shape index (κ2) is 8.22. The Kier molecular flexibility index (Phi) is 6.93. The molecule has 1 heterocycles. The van der Waals surface area contributed by atoms with Gasteiger partial charge in [-0.05, 0) is 12.8 Å². The maximum absolute atomic E-state index is 11.8. The van der Waals surface area contributed by atoms with Crippen LogP contribution in [0.15, 0.2) is 0 Å². The van der Waals surface area contributed by atoms with Crippen molar-refractivity contribution in [3.05, 3.63) is 5.01 Å². The fraction of sp³-hybridized carbons (Fsp3) is 0.733. The molecule has 0 saturated heterocycles. The van der Waals surface area contributed by atoms with Crippen molar-refractivity contribution in [1.29, 1.82) is 0 Å². The highest BCUT2D eigenvalue weighted by molar-refractivity contribution is 7.15. The lowest BCUT2D eigenvalue weighted by Gasteiger charge is -2.17. The Morgan fingerprint density at radius 2 is 1.82 bits per heavy atom. The molecule has 1 aromatic heterocycles. The molecule has 0 aliphatic carbocycles. The Morgan fingerprint density at radius 1 is 1.18 bits per heavy atom. The molecule has 0 unspecified atom stereocenters. The van der Waals surface area contributed by atoms with Gasteiger partial charge in [-0.25, -0.2) is 0 Å². The number of aromatic nitrogens is 2. The largest absolute Gasteiger partial charge is 0.355 e. The maximum Gasteiger partial charge on any atom is 0.227 e. The summed E-state index contributed by atoms with van der Waals surface area (Å²) in [5, 5.41) is 15.1. The first-order chi connectivity index (χ1) is 10.3. The van der Waals surface area contributed by atoms with Crippen molar-refractivity contribution in [2.75, 3.05) is 11.9 Å². The summed E-state index contributed by atoms with van der Waals surface area (Å²) in [6.07, 6.45) is 2.25. The average Bonchev–Trinajstić information content (AvgIpc) is 2.87. The summed E-state index contributed by atoms with van der Waals surface area (Å²) in [6, 6.07) is 0. The van der Waals surface area contributed by atoms with Crippen LogP contribution < -0.4 is 10.6 Å². The number of hydrogen-bond acceptors (Lipinski definition) is 5. The molecule has 0 atom stereocenters. The van der Waals surface area contributed by atoms with Crippen molar-refractivity contribution in [3.8, 4) is 0 Å². The lowest BCUT2D eigenvalue weighted by atomic mass is 9.96. The predicted molar refractivity (Wildman–Crippen MR) is 88.9 cm³/mol. The van der Waals surface area contributed by atoms with Crippen LogP contribution in [0, 0.1) is 5.41 Å². The Labute approximate surface area is 136 Å². The van der Waals surface area contributed by atoms with Gasteiger partial charge >= 0.3 is 0 Å². The molecule has 1 aromatic rings. The van der Waals surface area contributed by atoms with Gasteiger partial charge in [0, 0.05) is 24.3 Å². The number of carbonyl (C=O) groups is 2. The van der Waals surface area contributed by atoms with E-state index in [0.717, 1.165) is 17.8 Å². The van der Waals surface area contributed by atoms with Crippen molar-refractivity contribution in [2.45, 2.75) is 59.8 Å². The topological polar surface area (TPSA) is 84.0 Å². The number of anilines is 1. The van der Waals surface area contributed by atoms with Crippen LogP contribution in [0.3, 0.4) is 0 Å². The van der Waals surface area contributed by atoms with E-state index >= 15 is 0 Å². The van der Waals surface area contributed by atoms with Crippen molar-refractivity contribution in [1.82, 2.24) is 15.5 Å². The molecule has 0 aliphatic rings. The maximum atomic E-state index is 11.8. The minimum Gasteiger partial charge on any atom is -0.355 e. The zero-order chi connectivity index (χ0) is 16.8. The molecule has 0 bridgehead atoms. The summed E-state index contributed by atoms with van der Waals surface area (Å²) < 4.78 is 0. The van der Waals surface area contributed by atoms with Gasteiger partial charge in [0.25, 0.3) is 0 Å². The van der Waals surface area contributed by atoms with Gasteiger partial charge in [0.1, 0.15) is 5.01 Å². The Balaban J connectivity index is 2.41. The van der Waals surface area contributed by atoms with E-state index < -0.39 is 5.41 Å². The molecule has 0 saturated carbocycles. The number of carbonyl (C=O) groups excluding carboxylic acids is 2. The van der Waals surface area contributed by atoms with Gasteiger partial charge in [0.15, 0.2) is 0 Å². The van der Waals surface area contributed by atoms with E-state index in [2.05, 4.69) is 34.7 Å². The molecule has 2 amide bonds. The fourth-order valence-electron chi connectivity index (χ4n) is 1.82. The first kappa shape index (κ1) is 18.5. The summed E-state index contributed by atoms with van der Waals surface area (Å²) in [4.78, 5) is 23.5. The van der Waals surface area contributed by atoms with Gasteiger partial charge in [0.05, 0.1) is 0 Å². The fourth-order valence-corrected chi connectivity index (χ4v) is 2.85. The van der Waals surface area contributed by atoms with E-state index in [1.54, 1.807) is 0 Å². The minimum absolute atomic E-state index is 0.0627. The van der Waals surface area contributed by atoms with Gasteiger partial charge in [0.2, 0.25) is 16.9 Å². The third kappa shape index (κ3) is 5.71. The molecule has 6 nitrogen and oxygen atoms in total. The van der Waals surface area contributed by atoms with Gasteiger partial charge in [-0.3, -0.25) is 9.59 Å². The molecule has 22 heavy (non-hydrogen) atoms.